The average molecular weight is 297 g/mol. The quantitative estimate of drug-likeness (QED) is 0.670. The second-order valence-electron chi connectivity index (χ2n) is 5.51. The van der Waals surface area contributed by atoms with Gasteiger partial charge in [0, 0.05) is 5.69 Å². The van der Waals surface area contributed by atoms with Crippen molar-refractivity contribution in [2.45, 2.75) is 27.3 Å². The second kappa shape index (κ2) is 6.98. The van der Waals surface area contributed by atoms with E-state index in [2.05, 4.69) is 36.3 Å². The van der Waals surface area contributed by atoms with Crippen LogP contribution in [-0.4, -0.2) is 13.1 Å². The van der Waals surface area contributed by atoms with Crippen LogP contribution in [0.15, 0.2) is 41.4 Å². The maximum atomic E-state index is 5.96. The van der Waals surface area contributed by atoms with Gasteiger partial charge in [-0.15, -0.1) is 0 Å². The van der Waals surface area contributed by atoms with Gasteiger partial charge in [-0.1, -0.05) is 18.2 Å². The zero-order valence-electron chi connectivity index (χ0n) is 13.6. The summed E-state index contributed by atoms with van der Waals surface area (Å²) in [5, 5.41) is 3.13. The molecule has 0 saturated heterocycles. The molecule has 0 saturated carbocycles. The molecule has 0 bridgehead atoms. The van der Waals surface area contributed by atoms with E-state index in [0.29, 0.717) is 12.5 Å². The lowest BCUT2D eigenvalue weighted by Gasteiger charge is -2.09. The van der Waals surface area contributed by atoms with Gasteiger partial charge in [-0.3, -0.25) is 0 Å². The Balaban J connectivity index is 2.04. The molecular weight excluding hydrogens is 274 g/mol. The average Bonchev–Trinajstić information content (AvgIpc) is 2.44. The summed E-state index contributed by atoms with van der Waals surface area (Å²) in [4.78, 5) is 4.39. The number of guanidine groups is 1. The molecule has 4 nitrogen and oxygen atoms in total. The molecule has 116 valence electrons. The fourth-order valence-corrected chi connectivity index (χ4v) is 2.45. The highest BCUT2D eigenvalue weighted by Crippen LogP contribution is 2.19. The van der Waals surface area contributed by atoms with E-state index in [9.17, 15) is 0 Å². The summed E-state index contributed by atoms with van der Waals surface area (Å²) in [7, 11) is 1.67. The molecule has 0 amide bonds. The van der Waals surface area contributed by atoms with Gasteiger partial charge in [-0.05, 0) is 61.2 Å². The molecule has 0 unspecified atom stereocenters. The zero-order valence-corrected chi connectivity index (χ0v) is 13.6. The molecule has 2 aromatic rings. The monoisotopic (exact) mass is 297 g/mol. The molecule has 0 atom stereocenters. The van der Waals surface area contributed by atoms with Crippen molar-refractivity contribution in [3.8, 4) is 5.75 Å². The third kappa shape index (κ3) is 4.25. The fourth-order valence-electron chi connectivity index (χ4n) is 2.45. The Morgan fingerprint density at radius 2 is 1.77 bits per heavy atom. The van der Waals surface area contributed by atoms with Crippen LogP contribution in [0, 0.1) is 20.8 Å². The van der Waals surface area contributed by atoms with Gasteiger partial charge >= 0.3 is 0 Å². The van der Waals surface area contributed by atoms with Crippen LogP contribution in [0.4, 0.5) is 5.69 Å². The predicted molar refractivity (Wildman–Crippen MR) is 92.6 cm³/mol. The molecular formula is C18H23N3O. The number of hydrogen-bond donors (Lipinski definition) is 2. The first-order valence-corrected chi connectivity index (χ1v) is 7.26. The highest BCUT2D eigenvalue weighted by molar-refractivity contribution is 5.92. The van der Waals surface area contributed by atoms with E-state index in [0.717, 1.165) is 22.6 Å². The van der Waals surface area contributed by atoms with Crippen LogP contribution < -0.4 is 15.8 Å². The van der Waals surface area contributed by atoms with E-state index < -0.39 is 0 Å². The van der Waals surface area contributed by atoms with Crippen molar-refractivity contribution in [3.63, 3.8) is 0 Å². The van der Waals surface area contributed by atoms with Crippen LogP contribution in [0.1, 0.15) is 22.3 Å². The fraction of sp³-hybridized carbons (Fsp3) is 0.278. The highest BCUT2D eigenvalue weighted by atomic mass is 16.5. The van der Waals surface area contributed by atoms with Gasteiger partial charge in [-0.25, -0.2) is 4.99 Å². The van der Waals surface area contributed by atoms with Crippen molar-refractivity contribution in [1.29, 1.82) is 0 Å². The first-order valence-electron chi connectivity index (χ1n) is 7.26. The predicted octanol–water partition coefficient (Wildman–Crippen LogP) is 3.55. The first kappa shape index (κ1) is 15.9. The van der Waals surface area contributed by atoms with Crippen molar-refractivity contribution in [3.05, 3.63) is 58.7 Å². The van der Waals surface area contributed by atoms with Gasteiger partial charge in [0.2, 0.25) is 0 Å². The van der Waals surface area contributed by atoms with Crippen molar-refractivity contribution in [2.24, 2.45) is 10.7 Å². The summed E-state index contributed by atoms with van der Waals surface area (Å²) in [6, 6.07) is 12.2. The number of rotatable bonds is 4. The van der Waals surface area contributed by atoms with Crippen LogP contribution in [-0.2, 0) is 6.54 Å². The Kier molecular flexibility index (Phi) is 5.04. The lowest BCUT2D eigenvalue weighted by molar-refractivity contribution is 0.411. The second-order valence-corrected chi connectivity index (χ2v) is 5.51. The summed E-state index contributed by atoms with van der Waals surface area (Å²) in [6.45, 7) is 6.68. The van der Waals surface area contributed by atoms with Gasteiger partial charge in [-0.2, -0.15) is 0 Å². The number of anilines is 1. The van der Waals surface area contributed by atoms with Gasteiger partial charge in [0.25, 0.3) is 0 Å². The normalized spacial score (nSPS) is 11.4. The smallest absolute Gasteiger partial charge is 0.193 e. The Hall–Kier alpha value is -2.49. The van der Waals surface area contributed by atoms with Gasteiger partial charge in [0.05, 0.1) is 13.7 Å². The highest BCUT2D eigenvalue weighted by Gasteiger charge is 2.01. The number of aliphatic imine (C=N–C) groups is 1. The van der Waals surface area contributed by atoms with Crippen molar-refractivity contribution in [2.75, 3.05) is 12.4 Å². The number of nitrogens with zero attached hydrogens (tertiary/aromatic N) is 1. The van der Waals surface area contributed by atoms with Crippen LogP contribution in [0.3, 0.4) is 0 Å². The summed E-state index contributed by atoms with van der Waals surface area (Å²) in [6.07, 6.45) is 0. The summed E-state index contributed by atoms with van der Waals surface area (Å²) in [5.41, 5.74) is 11.5. The van der Waals surface area contributed by atoms with Gasteiger partial charge in [0.1, 0.15) is 5.75 Å². The van der Waals surface area contributed by atoms with Crippen molar-refractivity contribution >= 4 is 11.6 Å². The van der Waals surface area contributed by atoms with E-state index in [1.54, 1.807) is 7.11 Å². The van der Waals surface area contributed by atoms with E-state index in [4.69, 9.17) is 10.5 Å². The number of methoxy groups -OCH3 is 1. The molecule has 4 heteroatoms. The molecule has 3 N–H and O–H groups in total. The molecule has 0 aromatic heterocycles. The number of hydrogen-bond acceptors (Lipinski definition) is 2. The zero-order chi connectivity index (χ0) is 16.1. The summed E-state index contributed by atoms with van der Waals surface area (Å²) >= 11 is 0. The van der Waals surface area contributed by atoms with Gasteiger partial charge in [0.15, 0.2) is 5.96 Å². The largest absolute Gasteiger partial charge is 0.496 e. The third-order valence-electron chi connectivity index (χ3n) is 3.39. The third-order valence-corrected chi connectivity index (χ3v) is 3.39. The van der Waals surface area contributed by atoms with Crippen LogP contribution in [0.25, 0.3) is 0 Å². The van der Waals surface area contributed by atoms with Crippen LogP contribution in [0.5, 0.6) is 5.75 Å². The molecule has 0 heterocycles. The minimum Gasteiger partial charge on any atom is -0.496 e. The Morgan fingerprint density at radius 1 is 1.09 bits per heavy atom. The first-order chi connectivity index (χ1) is 10.5. The lowest BCUT2D eigenvalue weighted by Crippen LogP contribution is -2.22. The van der Waals surface area contributed by atoms with Crippen molar-refractivity contribution in [1.82, 2.24) is 0 Å². The lowest BCUT2D eigenvalue weighted by atomic mass is 10.1. The van der Waals surface area contributed by atoms with E-state index in [-0.39, 0.29) is 0 Å². The number of nitrogens with two attached hydrogens (primary N) is 1. The number of aryl methyl sites for hydroxylation is 3. The molecule has 0 fully saturated rings. The molecule has 2 rings (SSSR count). The minimum absolute atomic E-state index is 0.415. The summed E-state index contributed by atoms with van der Waals surface area (Å²) < 4.78 is 5.25. The number of benzene rings is 2. The molecule has 0 aliphatic heterocycles. The van der Waals surface area contributed by atoms with Crippen molar-refractivity contribution < 1.29 is 4.74 Å². The van der Waals surface area contributed by atoms with E-state index in [1.165, 1.54) is 11.1 Å². The molecule has 22 heavy (non-hydrogen) atoms. The van der Waals surface area contributed by atoms with E-state index >= 15 is 0 Å². The minimum atomic E-state index is 0.415. The van der Waals surface area contributed by atoms with Crippen LogP contribution >= 0.6 is 0 Å². The maximum Gasteiger partial charge on any atom is 0.193 e. The SMILES string of the molecule is COc1ccc(CN=C(N)Nc2cc(C)cc(C)c2)cc1C. The maximum absolute atomic E-state index is 5.96. The molecule has 0 aliphatic rings. The number of ether oxygens (including phenoxy) is 1. The molecule has 0 aliphatic carbocycles. The van der Waals surface area contributed by atoms with Crippen LogP contribution in [0.2, 0.25) is 0 Å². The number of nitrogens with one attached hydrogen (secondary N) is 1. The molecule has 0 radical (unpaired) electrons. The topological polar surface area (TPSA) is 59.6 Å². The Bertz CT molecular complexity index is 672. The summed E-state index contributed by atoms with van der Waals surface area (Å²) in [5.74, 6) is 1.30. The molecule has 0 spiro atoms. The van der Waals surface area contributed by atoms with E-state index in [1.807, 2.05) is 31.2 Å². The molecule has 2 aromatic carbocycles. The Labute approximate surface area is 132 Å². The van der Waals surface area contributed by atoms with Gasteiger partial charge < -0.3 is 15.8 Å². The Morgan fingerprint density at radius 3 is 2.36 bits per heavy atom. The standard InChI is InChI=1S/C18H23N3O/c1-12-7-13(2)9-16(8-12)21-18(19)20-11-15-5-6-17(22-4)14(3)10-15/h5-10H,11H2,1-4H3,(H3,19,20,21).